The number of hydrogen-bond donors (Lipinski definition) is 1. The highest BCUT2D eigenvalue weighted by Gasteiger charge is 2.11. The molecule has 1 N–H and O–H groups in total. The monoisotopic (exact) mass is 363 g/mol. The summed E-state index contributed by atoms with van der Waals surface area (Å²) in [4.78, 5) is 4.13. The molecule has 3 nitrogen and oxygen atoms in total. The van der Waals surface area contributed by atoms with E-state index >= 15 is 0 Å². The van der Waals surface area contributed by atoms with E-state index in [1.54, 1.807) is 6.20 Å². The molecule has 0 radical (unpaired) electrons. The standard InChI is InChI=1S/C16H15BrClN3/c1-10-12-5-3-4-6-14(12)21(2)15(10)9-19-11-7-13(17)16(18)20-8-11/h3-8,19H,9H2,1-2H3. The third-order valence-corrected chi connectivity index (χ3v) is 4.90. The van der Waals surface area contributed by atoms with Crippen LogP contribution in [0.1, 0.15) is 11.3 Å². The van der Waals surface area contributed by atoms with Crippen molar-refractivity contribution in [2.75, 3.05) is 5.32 Å². The molecule has 2 aromatic heterocycles. The molecule has 3 aromatic rings. The molecule has 0 saturated heterocycles. The molecule has 3 rings (SSSR count). The average molecular weight is 365 g/mol. The van der Waals surface area contributed by atoms with E-state index in [9.17, 15) is 0 Å². The van der Waals surface area contributed by atoms with Crippen molar-refractivity contribution in [1.29, 1.82) is 0 Å². The summed E-state index contributed by atoms with van der Waals surface area (Å²) in [6.07, 6.45) is 1.74. The summed E-state index contributed by atoms with van der Waals surface area (Å²) >= 11 is 9.30. The van der Waals surface area contributed by atoms with Gasteiger partial charge in [-0.15, -0.1) is 0 Å². The number of fused-ring (bicyclic) bond motifs is 1. The Morgan fingerprint density at radius 2 is 2.10 bits per heavy atom. The van der Waals surface area contributed by atoms with Crippen LogP contribution < -0.4 is 5.32 Å². The zero-order valence-electron chi connectivity index (χ0n) is 11.8. The Labute approximate surface area is 137 Å². The lowest BCUT2D eigenvalue weighted by Gasteiger charge is -2.09. The molecule has 0 aliphatic carbocycles. The molecule has 0 spiro atoms. The second-order valence-corrected chi connectivity index (χ2v) is 6.21. The minimum atomic E-state index is 0.473. The van der Waals surface area contributed by atoms with Crippen molar-refractivity contribution in [2.45, 2.75) is 13.5 Å². The number of anilines is 1. The molecule has 0 bridgehead atoms. The molecule has 108 valence electrons. The van der Waals surface area contributed by atoms with Gasteiger partial charge in [0.25, 0.3) is 0 Å². The van der Waals surface area contributed by atoms with E-state index in [-0.39, 0.29) is 0 Å². The summed E-state index contributed by atoms with van der Waals surface area (Å²) in [6, 6.07) is 10.4. The van der Waals surface area contributed by atoms with E-state index in [2.05, 4.69) is 69.0 Å². The molecule has 0 unspecified atom stereocenters. The molecule has 0 aliphatic heterocycles. The molecule has 0 saturated carbocycles. The first kappa shape index (κ1) is 14.4. The molecule has 0 atom stereocenters. The van der Waals surface area contributed by atoms with Gasteiger partial charge >= 0.3 is 0 Å². The lowest BCUT2D eigenvalue weighted by Crippen LogP contribution is -2.06. The fourth-order valence-electron chi connectivity index (χ4n) is 2.59. The summed E-state index contributed by atoms with van der Waals surface area (Å²) in [5.41, 5.74) is 4.77. The lowest BCUT2D eigenvalue weighted by molar-refractivity contribution is 0.862. The summed E-state index contributed by atoms with van der Waals surface area (Å²) in [7, 11) is 2.10. The van der Waals surface area contributed by atoms with Gasteiger partial charge in [-0.3, -0.25) is 0 Å². The van der Waals surface area contributed by atoms with Crippen LogP contribution in [0.3, 0.4) is 0 Å². The molecule has 0 fully saturated rings. The maximum Gasteiger partial charge on any atom is 0.143 e. The molecule has 5 heteroatoms. The predicted molar refractivity (Wildman–Crippen MR) is 91.9 cm³/mol. The van der Waals surface area contributed by atoms with Gasteiger partial charge in [-0.05, 0) is 40.5 Å². The third kappa shape index (κ3) is 2.65. The Kier molecular flexibility index (Phi) is 3.91. The molecule has 0 amide bonds. The van der Waals surface area contributed by atoms with Crippen LogP contribution in [0.5, 0.6) is 0 Å². The van der Waals surface area contributed by atoms with Gasteiger partial charge in [-0.2, -0.15) is 0 Å². The summed E-state index contributed by atoms with van der Waals surface area (Å²) in [5.74, 6) is 0. The highest BCUT2D eigenvalue weighted by molar-refractivity contribution is 9.10. The molecule has 2 heterocycles. The first-order chi connectivity index (χ1) is 10.1. The first-order valence-corrected chi connectivity index (χ1v) is 7.83. The van der Waals surface area contributed by atoms with Crippen LogP contribution in [0.4, 0.5) is 5.69 Å². The van der Waals surface area contributed by atoms with Crippen molar-refractivity contribution < 1.29 is 0 Å². The number of pyridine rings is 1. The van der Waals surface area contributed by atoms with Gasteiger partial charge in [0.05, 0.1) is 22.9 Å². The normalized spacial score (nSPS) is 11.0. The zero-order chi connectivity index (χ0) is 15.0. The van der Waals surface area contributed by atoms with Crippen LogP contribution in [-0.4, -0.2) is 9.55 Å². The number of nitrogens with zero attached hydrogens (tertiary/aromatic N) is 2. The van der Waals surface area contributed by atoms with Gasteiger partial charge in [0.1, 0.15) is 5.15 Å². The van der Waals surface area contributed by atoms with Crippen LogP contribution in [0.15, 0.2) is 41.0 Å². The number of rotatable bonds is 3. The van der Waals surface area contributed by atoms with Crippen molar-refractivity contribution in [3.05, 3.63) is 57.4 Å². The minimum absolute atomic E-state index is 0.473. The number of nitrogens with one attached hydrogen (secondary N) is 1. The Morgan fingerprint density at radius 1 is 1.33 bits per heavy atom. The minimum Gasteiger partial charge on any atom is -0.378 e. The fraction of sp³-hybridized carbons (Fsp3) is 0.188. The second kappa shape index (κ2) is 5.70. The average Bonchev–Trinajstić information content (AvgIpc) is 2.73. The van der Waals surface area contributed by atoms with Gasteiger partial charge in [-0.25, -0.2) is 4.98 Å². The molecule has 0 aliphatic rings. The van der Waals surface area contributed by atoms with E-state index in [0.717, 1.165) is 16.7 Å². The molecule has 21 heavy (non-hydrogen) atoms. The maximum absolute atomic E-state index is 5.91. The molecule has 1 aromatic carbocycles. The van der Waals surface area contributed by atoms with Crippen LogP contribution in [-0.2, 0) is 13.6 Å². The largest absolute Gasteiger partial charge is 0.378 e. The van der Waals surface area contributed by atoms with Gasteiger partial charge in [0, 0.05) is 23.6 Å². The zero-order valence-corrected chi connectivity index (χ0v) is 14.2. The van der Waals surface area contributed by atoms with Crippen molar-refractivity contribution in [2.24, 2.45) is 7.05 Å². The highest BCUT2D eigenvalue weighted by Crippen LogP contribution is 2.26. The van der Waals surface area contributed by atoms with Crippen LogP contribution in [0.2, 0.25) is 5.15 Å². The van der Waals surface area contributed by atoms with Gasteiger partial charge in [-0.1, -0.05) is 29.8 Å². The smallest absolute Gasteiger partial charge is 0.143 e. The number of aryl methyl sites for hydroxylation is 2. The number of hydrogen-bond acceptors (Lipinski definition) is 2. The van der Waals surface area contributed by atoms with E-state index in [0.29, 0.717) is 5.15 Å². The van der Waals surface area contributed by atoms with Crippen LogP contribution in [0, 0.1) is 6.92 Å². The van der Waals surface area contributed by atoms with Gasteiger partial charge in [0.15, 0.2) is 0 Å². The Bertz CT molecular complexity index is 772. The topological polar surface area (TPSA) is 29.9 Å². The number of halogens is 2. The van der Waals surface area contributed by atoms with Crippen LogP contribution in [0.25, 0.3) is 10.9 Å². The number of para-hydroxylation sites is 1. The van der Waals surface area contributed by atoms with Gasteiger partial charge in [0.2, 0.25) is 0 Å². The Balaban J connectivity index is 1.90. The number of aromatic nitrogens is 2. The fourth-order valence-corrected chi connectivity index (χ4v) is 3.04. The SMILES string of the molecule is Cc1c(CNc2cnc(Cl)c(Br)c2)n(C)c2ccccc12. The molecular weight excluding hydrogens is 350 g/mol. The van der Waals surface area contributed by atoms with E-state index < -0.39 is 0 Å². The Morgan fingerprint density at radius 3 is 2.81 bits per heavy atom. The summed E-state index contributed by atoms with van der Waals surface area (Å²) in [5, 5.41) is 5.17. The van der Waals surface area contributed by atoms with Crippen molar-refractivity contribution in [1.82, 2.24) is 9.55 Å². The van der Waals surface area contributed by atoms with E-state index in [1.807, 2.05) is 6.07 Å². The quantitative estimate of drug-likeness (QED) is 0.669. The number of benzene rings is 1. The lowest BCUT2D eigenvalue weighted by atomic mass is 10.1. The van der Waals surface area contributed by atoms with Gasteiger partial charge < -0.3 is 9.88 Å². The first-order valence-electron chi connectivity index (χ1n) is 6.65. The van der Waals surface area contributed by atoms with Crippen molar-refractivity contribution in [3.8, 4) is 0 Å². The maximum atomic E-state index is 5.91. The second-order valence-electron chi connectivity index (χ2n) is 5.00. The summed E-state index contributed by atoms with van der Waals surface area (Å²) < 4.78 is 3.03. The van der Waals surface area contributed by atoms with Crippen LogP contribution >= 0.6 is 27.5 Å². The summed E-state index contributed by atoms with van der Waals surface area (Å²) in [6.45, 7) is 2.90. The van der Waals surface area contributed by atoms with Crippen molar-refractivity contribution in [3.63, 3.8) is 0 Å². The third-order valence-electron chi connectivity index (χ3n) is 3.76. The van der Waals surface area contributed by atoms with E-state index in [4.69, 9.17) is 11.6 Å². The van der Waals surface area contributed by atoms with Crippen molar-refractivity contribution >= 4 is 44.1 Å². The predicted octanol–water partition coefficient (Wildman–Crippen LogP) is 4.91. The Hall–Kier alpha value is -1.52. The van der Waals surface area contributed by atoms with E-state index in [1.165, 1.54) is 22.2 Å². The molecular formula is C16H15BrClN3. The highest BCUT2D eigenvalue weighted by atomic mass is 79.9.